The minimum Gasteiger partial charge on any atom is -0.371 e. The van der Waals surface area contributed by atoms with Crippen molar-refractivity contribution in [2.45, 2.75) is 19.3 Å². The number of hydrogen-bond acceptors (Lipinski definition) is 2. The zero-order valence-corrected chi connectivity index (χ0v) is 12.4. The smallest absolute Gasteiger partial charge is 0.0429 e. The van der Waals surface area contributed by atoms with Crippen LogP contribution in [-0.4, -0.2) is 25.3 Å². The molecule has 1 saturated heterocycles. The second-order valence-electron chi connectivity index (χ2n) is 5.51. The predicted molar refractivity (Wildman–Crippen MR) is 90.3 cm³/mol. The lowest BCUT2D eigenvalue weighted by Gasteiger charge is -2.29. The maximum atomic E-state index is 4.80. The van der Waals surface area contributed by atoms with E-state index in [0.717, 1.165) is 38.9 Å². The summed E-state index contributed by atoms with van der Waals surface area (Å²) in [7, 11) is 0. The number of hydrogen-bond donors (Lipinski definition) is 0. The molecule has 2 aromatic rings. The molecule has 2 nitrogen and oxygen atoms in total. The zero-order valence-electron chi connectivity index (χ0n) is 12.4. The summed E-state index contributed by atoms with van der Waals surface area (Å²) < 4.78 is 0. The van der Waals surface area contributed by atoms with Crippen LogP contribution in [0.15, 0.2) is 65.7 Å². The van der Waals surface area contributed by atoms with Gasteiger partial charge < -0.3 is 4.90 Å². The number of aliphatic imine (C=N–C) groups is 1. The van der Waals surface area contributed by atoms with Crippen LogP contribution in [0.5, 0.6) is 0 Å². The van der Waals surface area contributed by atoms with Crippen LogP contribution in [0.3, 0.4) is 0 Å². The lowest BCUT2D eigenvalue weighted by Crippen LogP contribution is -2.33. The first kappa shape index (κ1) is 13.9. The first-order valence-electron chi connectivity index (χ1n) is 7.78. The minimum atomic E-state index is 0.921. The second kappa shape index (κ2) is 7.07. The van der Waals surface area contributed by atoms with Gasteiger partial charge in [0.1, 0.15) is 0 Å². The summed E-state index contributed by atoms with van der Waals surface area (Å²) in [6, 6.07) is 21.3. The maximum absolute atomic E-state index is 4.80. The first-order valence-corrected chi connectivity index (χ1v) is 7.78. The fourth-order valence-electron chi connectivity index (χ4n) is 2.81. The van der Waals surface area contributed by atoms with Gasteiger partial charge in [-0.25, -0.2) is 0 Å². The van der Waals surface area contributed by atoms with Crippen molar-refractivity contribution < 1.29 is 0 Å². The van der Waals surface area contributed by atoms with Crippen molar-refractivity contribution >= 4 is 11.4 Å². The molecule has 108 valence electrons. The topological polar surface area (TPSA) is 15.6 Å². The molecule has 0 atom stereocenters. The van der Waals surface area contributed by atoms with Crippen LogP contribution in [0.25, 0.3) is 0 Å². The number of benzene rings is 2. The van der Waals surface area contributed by atoms with Crippen molar-refractivity contribution in [1.29, 1.82) is 0 Å². The molecule has 1 heterocycles. The van der Waals surface area contributed by atoms with E-state index in [0.29, 0.717) is 0 Å². The van der Waals surface area contributed by atoms with Gasteiger partial charge in [-0.2, -0.15) is 0 Å². The third-order valence-electron chi connectivity index (χ3n) is 4.04. The quantitative estimate of drug-likeness (QED) is 0.826. The number of nitrogens with zero attached hydrogens (tertiary/aromatic N) is 2. The average Bonchev–Trinajstić information content (AvgIpc) is 2.57. The molecule has 0 aromatic heterocycles. The molecule has 0 amide bonds. The third kappa shape index (κ3) is 3.94. The number of piperidine rings is 1. The highest BCUT2D eigenvalue weighted by Gasteiger charge is 2.14. The van der Waals surface area contributed by atoms with Gasteiger partial charge in [0.05, 0.1) is 0 Å². The molecule has 0 N–H and O–H groups in total. The van der Waals surface area contributed by atoms with E-state index in [1.807, 2.05) is 0 Å². The Morgan fingerprint density at radius 1 is 0.810 bits per heavy atom. The third-order valence-corrected chi connectivity index (χ3v) is 4.04. The van der Waals surface area contributed by atoms with E-state index in [1.54, 1.807) is 0 Å². The Morgan fingerprint density at radius 3 is 2.10 bits per heavy atom. The van der Waals surface area contributed by atoms with E-state index in [2.05, 4.69) is 65.6 Å². The highest BCUT2D eigenvalue weighted by molar-refractivity contribution is 5.86. The van der Waals surface area contributed by atoms with E-state index in [9.17, 15) is 0 Å². The number of anilines is 1. The van der Waals surface area contributed by atoms with E-state index >= 15 is 0 Å². The molecule has 1 aliphatic heterocycles. The summed E-state index contributed by atoms with van der Waals surface area (Å²) in [5.41, 5.74) is 4.10. The molecule has 0 spiro atoms. The van der Waals surface area contributed by atoms with Gasteiger partial charge in [-0.15, -0.1) is 0 Å². The summed E-state index contributed by atoms with van der Waals surface area (Å²) in [6.45, 7) is 3.10. The Bertz CT molecular complexity index is 565. The van der Waals surface area contributed by atoms with Crippen LogP contribution in [0, 0.1) is 0 Å². The molecule has 0 unspecified atom stereocenters. The van der Waals surface area contributed by atoms with Crippen LogP contribution in [0.2, 0.25) is 0 Å². The van der Waals surface area contributed by atoms with Crippen molar-refractivity contribution in [2.24, 2.45) is 4.99 Å². The molecule has 1 fully saturated rings. The van der Waals surface area contributed by atoms with E-state index in [-0.39, 0.29) is 0 Å². The molecule has 21 heavy (non-hydrogen) atoms. The summed E-state index contributed by atoms with van der Waals surface area (Å²) in [4.78, 5) is 7.25. The van der Waals surface area contributed by atoms with Crippen molar-refractivity contribution in [3.63, 3.8) is 0 Å². The molecular formula is C19H22N2. The normalized spacial score (nSPS) is 15.0. The van der Waals surface area contributed by atoms with Crippen LogP contribution in [0.4, 0.5) is 5.69 Å². The molecular weight excluding hydrogens is 256 g/mol. The molecule has 0 saturated carbocycles. The average molecular weight is 278 g/mol. The van der Waals surface area contributed by atoms with Gasteiger partial charge in [0.15, 0.2) is 0 Å². The van der Waals surface area contributed by atoms with E-state index in [4.69, 9.17) is 4.99 Å². The van der Waals surface area contributed by atoms with Gasteiger partial charge in [0.2, 0.25) is 0 Å². The van der Waals surface area contributed by atoms with Crippen LogP contribution in [0.1, 0.15) is 18.4 Å². The molecule has 3 rings (SSSR count). The summed E-state index contributed by atoms with van der Waals surface area (Å²) in [6.07, 6.45) is 3.25. The Morgan fingerprint density at radius 2 is 1.43 bits per heavy atom. The van der Waals surface area contributed by atoms with Gasteiger partial charge in [-0.05, 0) is 24.1 Å². The fraction of sp³-hybridized carbons (Fsp3) is 0.316. The fourth-order valence-corrected chi connectivity index (χ4v) is 2.81. The van der Waals surface area contributed by atoms with Gasteiger partial charge in [-0.3, -0.25) is 4.99 Å². The highest BCUT2D eigenvalue weighted by atomic mass is 15.1. The Hall–Kier alpha value is -2.09. The Balaban J connectivity index is 1.48. The summed E-state index contributed by atoms with van der Waals surface area (Å²) >= 11 is 0. The molecule has 2 heteroatoms. The van der Waals surface area contributed by atoms with Gasteiger partial charge >= 0.3 is 0 Å². The SMILES string of the molecule is c1ccc(CCN=C2CCN(c3ccccc3)CC2)cc1. The zero-order chi connectivity index (χ0) is 14.3. The number of rotatable bonds is 4. The van der Waals surface area contributed by atoms with Crippen molar-refractivity contribution in [1.82, 2.24) is 0 Å². The minimum absolute atomic E-state index is 0.921. The standard InChI is InChI=1S/C19H22N2/c1-3-7-17(8-4-1)11-14-20-18-12-15-21(16-13-18)19-9-5-2-6-10-19/h1-10H,11-16H2. The van der Waals surface area contributed by atoms with Crippen molar-refractivity contribution in [2.75, 3.05) is 24.5 Å². The summed E-state index contributed by atoms with van der Waals surface area (Å²) in [5, 5.41) is 0. The van der Waals surface area contributed by atoms with Crippen LogP contribution in [-0.2, 0) is 6.42 Å². The van der Waals surface area contributed by atoms with Crippen molar-refractivity contribution in [3.05, 3.63) is 66.2 Å². The monoisotopic (exact) mass is 278 g/mol. The van der Waals surface area contributed by atoms with Crippen molar-refractivity contribution in [3.8, 4) is 0 Å². The molecule has 0 radical (unpaired) electrons. The van der Waals surface area contributed by atoms with E-state index < -0.39 is 0 Å². The Kier molecular flexibility index (Phi) is 4.67. The van der Waals surface area contributed by atoms with Crippen LogP contribution >= 0.6 is 0 Å². The van der Waals surface area contributed by atoms with Gasteiger partial charge in [-0.1, -0.05) is 48.5 Å². The highest BCUT2D eigenvalue weighted by Crippen LogP contribution is 2.18. The maximum Gasteiger partial charge on any atom is 0.0429 e. The molecule has 0 aliphatic carbocycles. The Labute approximate surface area is 127 Å². The van der Waals surface area contributed by atoms with Gasteiger partial charge in [0.25, 0.3) is 0 Å². The lowest BCUT2D eigenvalue weighted by atomic mass is 10.1. The number of para-hydroxylation sites is 1. The van der Waals surface area contributed by atoms with Gasteiger partial charge in [0, 0.05) is 43.9 Å². The summed E-state index contributed by atoms with van der Waals surface area (Å²) in [5.74, 6) is 0. The predicted octanol–water partition coefficient (Wildman–Crippen LogP) is 3.97. The second-order valence-corrected chi connectivity index (χ2v) is 5.51. The molecule has 2 aromatic carbocycles. The largest absolute Gasteiger partial charge is 0.371 e. The van der Waals surface area contributed by atoms with Crippen LogP contribution < -0.4 is 4.90 Å². The molecule has 1 aliphatic rings. The lowest BCUT2D eigenvalue weighted by molar-refractivity contribution is 0.752. The van der Waals surface area contributed by atoms with E-state index in [1.165, 1.54) is 17.0 Å². The first-order chi connectivity index (χ1) is 10.4. The molecule has 0 bridgehead atoms.